The summed E-state index contributed by atoms with van der Waals surface area (Å²) in [5.74, 6) is 0.324. The Labute approximate surface area is 136 Å². The fraction of sp³-hybridized carbons (Fsp3) is 0.0588. The Morgan fingerprint density at radius 1 is 1.08 bits per heavy atom. The average molecular weight is 320 g/mol. The topological polar surface area (TPSA) is 67.5 Å². The summed E-state index contributed by atoms with van der Waals surface area (Å²) >= 11 is 0. The van der Waals surface area contributed by atoms with Crippen LogP contribution in [0.15, 0.2) is 60.0 Å². The number of nitrogens with one attached hydrogen (secondary N) is 1. The van der Waals surface area contributed by atoms with Crippen LogP contribution in [0, 0.1) is 5.82 Å². The first-order valence-corrected chi connectivity index (χ1v) is 7.37. The molecule has 2 aromatic heterocycles. The number of benzene rings is 2. The molecule has 1 N–H and O–H groups in total. The van der Waals surface area contributed by atoms with Crippen LogP contribution in [0.4, 0.5) is 10.2 Å². The van der Waals surface area contributed by atoms with E-state index in [1.165, 1.54) is 12.1 Å². The predicted octanol–water partition coefficient (Wildman–Crippen LogP) is 3.25. The zero-order valence-electron chi connectivity index (χ0n) is 12.8. The summed E-state index contributed by atoms with van der Waals surface area (Å²) in [4.78, 5) is 0. The molecule has 0 fully saturated rings. The van der Waals surface area contributed by atoms with Crippen LogP contribution in [0.1, 0.15) is 12.5 Å². The number of hydrazone groups is 1. The molecule has 0 unspecified atom stereocenters. The maximum Gasteiger partial charge on any atom is 0.185 e. The van der Waals surface area contributed by atoms with Crippen molar-refractivity contribution in [2.45, 2.75) is 6.92 Å². The van der Waals surface area contributed by atoms with E-state index in [0.29, 0.717) is 11.5 Å². The van der Waals surface area contributed by atoms with Crippen LogP contribution in [0.3, 0.4) is 0 Å². The first kappa shape index (κ1) is 14.3. The van der Waals surface area contributed by atoms with Gasteiger partial charge in [-0.1, -0.05) is 36.4 Å². The van der Waals surface area contributed by atoms with Crippen molar-refractivity contribution in [2.24, 2.45) is 5.10 Å². The van der Waals surface area contributed by atoms with E-state index in [4.69, 9.17) is 0 Å². The molecule has 118 valence electrons. The molecule has 0 radical (unpaired) electrons. The van der Waals surface area contributed by atoms with E-state index in [-0.39, 0.29) is 5.82 Å². The van der Waals surface area contributed by atoms with E-state index in [0.717, 1.165) is 22.0 Å². The van der Waals surface area contributed by atoms with Gasteiger partial charge in [0.15, 0.2) is 11.5 Å². The van der Waals surface area contributed by atoms with E-state index < -0.39 is 0 Å². The summed E-state index contributed by atoms with van der Waals surface area (Å²) < 4.78 is 14.6. The van der Waals surface area contributed by atoms with Crippen molar-refractivity contribution in [1.82, 2.24) is 19.8 Å². The molecule has 0 saturated carbocycles. The van der Waals surface area contributed by atoms with Gasteiger partial charge in [0, 0.05) is 10.8 Å². The van der Waals surface area contributed by atoms with Gasteiger partial charge in [0.1, 0.15) is 12.1 Å². The maximum absolute atomic E-state index is 13.0. The third-order valence-electron chi connectivity index (χ3n) is 3.75. The predicted molar refractivity (Wildman–Crippen MR) is 90.5 cm³/mol. The molecule has 0 aliphatic carbocycles. The van der Waals surface area contributed by atoms with Crippen molar-refractivity contribution in [2.75, 3.05) is 5.43 Å². The normalized spacial score (nSPS) is 12.0. The third kappa shape index (κ3) is 2.45. The molecular formula is C17H13FN6. The first-order valence-electron chi connectivity index (χ1n) is 7.37. The molecule has 0 saturated heterocycles. The van der Waals surface area contributed by atoms with Crippen LogP contribution in [0.5, 0.6) is 0 Å². The van der Waals surface area contributed by atoms with Gasteiger partial charge in [0.25, 0.3) is 0 Å². The molecule has 7 heteroatoms. The first-order chi connectivity index (χ1) is 11.7. The molecule has 0 atom stereocenters. The van der Waals surface area contributed by atoms with E-state index in [1.54, 1.807) is 23.0 Å². The summed E-state index contributed by atoms with van der Waals surface area (Å²) in [5.41, 5.74) is 5.24. The van der Waals surface area contributed by atoms with Gasteiger partial charge in [-0.25, -0.2) is 4.39 Å². The molecule has 0 bridgehead atoms. The highest BCUT2D eigenvalue weighted by Crippen LogP contribution is 2.23. The van der Waals surface area contributed by atoms with Crippen LogP contribution in [0.25, 0.3) is 16.4 Å². The monoisotopic (exact) mass is 320 g/mol. The van der Waals surface area contributed by atoms with Crippen LogP contribution >= 0.6 is 0 Å². The highest BCUT2D eigenvalue weighted by atomic mass is 19.1. The van der Waals surface area contributed by atoms with Gasteiger partial charge in [-0.05, 0) is 24.6 Å². The summed E-state index contributed by atoms with van der Waals surface area (Å²) in [6, 6.07) is 14.0. The van der Waals surface area contributed by atoms with Crippen molar-refractivity contribution < 1.29 is 4.39 Å². The second-order valence-electron chi connectivity index (χ2n) is 5.31. The Morgan fingerprint density at radius 2 is 1.83 bits per heavy atom. The lowest BCUT2D eigenvalue weighted by Crippen LogP contribution is -2.04. The summed E-state index contributed by atoms with van der Waals surface area (Å²) in [5, 5.41) is 18.6. The van der Waals surface area contributed by atoms with Gasteiger partial charge in [-0.2, -0.15) is 9.62 Å². The van der Waals surface area contributed by atoms with Crippen molar-refractivity contribution in [3.8, 4) is 0 Å². The Hall–Kier alpha value is -3.35. The highest BCUT2D eigenvalue weighted by molar-refractivity contribution is 6.01. The van der Waals surface area contributed by atoms with Crippen molar-refractivity contribution in [3.63, 3.8) is 0 Å². The number of nitrogens with zero attached hydrogens (tertiary/aromatic N) is 5. The minimum atomic E-state index is -0.273. The van der Waals surface area contributed by atoms with Gasteiger partial charge < -0.3 is 0 Å². The van der Waals surface area contributed by atoms with Gasteiger partial charge in [0.2, 0.25) is 0 Å². The van der Waals surface area contributed by atoms with Crippen molar-refractivity contribution in [3.05, 3.63) is 66.2 Å². The lowest BCUT2D eigenvalue weighted by Gasteiger charge is -2.07. The minimum absolute atomic E-state index is 0.273. The molecule has 6 nitrogen and oxygen atoms in total. The zero-order valence-corrected chi connectivity index (χ0v) is 12.8. The molecule has 24 heavy (non-hydrogen) atoms. The van der Waals surface area contributed by atoms with Gasteiger partial charge in [0.05, 0.1) is 5.71 Å². The van der Waals surface area contributed by atoms with Gasteiger partial charge in [-0.15, -0.1) is 15.3 Å². The lowest BCUT2D eigenvalue weighted by molar-refractivity contribution is 0.628. The Bertz CT molecular complexity index is 1050. The molecule has 2 aromatic carbocycles. The molecule has 0 spiro atoms. The number of hydrogen-bond donors (Lipinski definition) is 1. The second-order valence-corrected chi connectivity index (χ2v) is 5.31. The summed E-state index contributed by atoms with van der Waals surface area (Å²) in [7, 11) is 0. The molecule has 0 amide bonds. The standard InChI is InChI=1S/C17H13FN6/c1-11(12-6-8-13(18)9-7-12)20-21-16-14-4-2-3-5-15(14)17-22-19-10-24(17)23-16/h2-10H,1H3,(H,21,23)/b20-11-. The number of fused-ring (bicyclic) bond motifs is 3. The van der Waals surface area contributed by atoms with Crippen LogP contribution in [-0.4, -0.2) is 25.5 Å². The zero-order chi connectivity index (χ0) is 16.5. The minimum Gasteiger partial charge on any atom is -0.259 e. The Kier molecular flexibility index (Phi) is 3.38. The van der Waals surface area contributed by atoms with E-state index in [1.807, 2.05) is 31.2 Å². The number of aromatic nitrogens is 4. The summed E-state index contributed by atoms with van der Waals surface area (Å²) in [6.45, 7) is 1.85. The lowest BCUT2D eigenvalue weighted by atomic mass is 10.1. The fourth-order valence-electron chi connectivity index (χ4n) is 2.50. The van der Waals surface area contributed by atoms with E-state index >= 15 is 0 Å². The number of anilines is 1. The molecule has 0 aliphatic rings. The van der Waals surface area contributed by atoms with Crippen molar-refractivity contribution >= 4 is 27.9 Å². The second kappa shape index (κ2) is 5.69. The third-order valence-corrected chi connectivity index (χ3v) is 3.75. The van der Waals surface area contributed by atoms with Gasteiger partial charge in [-0.3, -0.25) is 5.43 Å². The number of halogens is 1. The molecule has 4 aromatic rings. The molecule has 0 aliphatic heterocycles. The Balaban J connectivity index is 1.75. The quantitative estimate of drug-likeness (QED) is 0.465. The summed E-state index contributed by atoms with van der Waals surface area (Å²) in [6.07, 6.45) is 1.55. The number of rotatable bonds is 3. The van der Waals surface area contributed by atoms with Crippen molar-refractivity contribution in [1.29, 1.82) is 0 Å². The largest absolute Gasteiger partial charge is 0.259 e. The number of hydrogen-bond acceptors (Lipinski definition) is 5. The highest BCUT2D eigenvalue weighted by Gasteiger charge is 2.09. The Morgan fingerprint density at radius 3 is 2.62 bits per heavy atom. The average Bonchev–Trinajstić information content (AvgIpc) is 3.08. The smallest absolute Gasteiger partial charge is 0.185 e. The van der Waals surface area contributed by atoms with Crippen LogP contribution < -0.4 is 5.43 Å². The van der Waals surface area contributed by atoms with E-state index in [2.05, 4.69) is 25.8 Å². The molecule has 2 heterocycles. The van der Waals surface area contributed by atoms with Crippen LogP contribution in [0.2, 0.25) is 0 Å². The maximum atomic E-state index is 13.0. The molecular weight excluding hydrogens is 307 g/mol. The fourth-order valence-corrected chi connectivity index (χ4v) is 2.50. The SMILES string of the molecule is C/C(=N/Nc1nn2cnnc2c2ccccc12)c1ccc(F)cc1. The van der Waals surface area contributed by atoms with E-state index in [9.17, 15) is 4.39 Å². The van der Waals surface area contributed by atoms with Gasteiger partial charge >= 0.3 is 0 Å². The molecule has 4 rings (SSSR count). The van der Waals surface area contributed by atoms with Crippen LogP contribution in [-0.2, 0) is 0 Å².